The average molecular weight is 288 g/mol. The van der Waals surface area contributed by atoms with Gasteiger partial charge in [0.15, 0.2) is 0 Å². The second kappa shape index (κ2) is 7.22. The number of ether oxygens (including phenoxy) is 1. The van der Waals surface area contributed by atoms with Crippen LogP contribution >= 0.6 is 0 Å². The van der Waals surface area contributed by atoms with Gasteiger partial charge in [-0.15, -0.1) is 0 Å². The zero-order chi connectivity index (χ0) is 15.2. The van der Waals surface area contributed by atoms with Crippen molar-refractivity contribution in [3.8, 4) is 0 Å². The smallest absolute Gasteiger partial charge is 0.225 e. The number of nitrogens with one attached hydrogen (secondary N) is 1. The maximum Gasteiger partial charge on any atom is 0.225 e. The highest BCUT2D eigenvalue weighted by molar-refractivity contribution is 5.90. The molecule has 0 saturated carbocycles. The largest absolute Gasteiger partial charge is 0.377 e. The van der Waals surface area contributed by atoms with E-state index in [1.54, 1.807) is 0 Å². The summed E-state index contributed by atoms with van der Waals surface area (Å²) in [6.07, 6.45) is 0.248. The summed E-state index contributed by atoms with van der Waals surface area (Å²) < 4.78 is 5.62. The van der Waals surface area contributed by atoms with Crippen LogP contribution in [-0.2, 0) is 4.74 Å². The van der Waals surface area contributed by atoms with E-state index in [0.29, 0.717) is 12.6 Å². The van der Waals surface area contributed by atoms with E-state index in [1.165, 1.54) is 0 Å². The van der Waals surface area contributed by atoms with Crippen LogP contribution in [0.3, 0.4) is 0 Å². The van der Waals surface area contributed by atoms with Crippen LogP contribution in [0, 0.1) is 0 Å². The Bertz CT molecular complexity index is 585. The van der Waals surface area contributed by atoms with Crippen molar-refractivity contribution >= 4 is 22.7 Å². The van der Waals surface area contributed by atoms with E-state index < -0.39 is 0 Å². The first-order valence-corrected chi connectivity index (χ1v) is 7.45. The predicted molar refractivity (Wildman–Crippen MR) is 88.1 cm³/mol. The number of rotatable bonds is 7. The number of likely N-dealkylation sites (N-methyl/N-ethyl adjacent to an activating group) is 1. The summed E-state index contributed by atoms with van der Waals surface area (Å²) in [5.41, 5.74) is 0.954. The molecule has 0 fully saturated rings. The van der Waals surface area contributed by atoms with Gasteiger partial charge in [-0.05, 0) is 32.9 Å². The van der Waals surface area contributed by atoms with Crippen LogP contribution in [-0.4, -0.2) is 42.8 Å². The van der Waals surface area contributed by atoms with Crippen molar-refractivity contribution in [2.45, 2.75) is 26.9 Å². The molecule has 0 aliphatic heterocycles. The molecular formula is C16H24N4O. The van der Waals surface area contributed by atoms with E-state index in [9.17, 15) is 0 Å². The summed E-state index contributed by atoms with van der Waals surface area (Å²) in [6, 6.07) is 8.08. The van der Waals surface area contributed by atoms with Crippen LogP contribution < -0.4 is 10.2 Å². The Morgan fingerprint density at radius 1 is 1.24 bits per heavy atom. The van der Waals surface area contributed by atoms with Gasteiger partial charge >= 0.3 is 0 Å². The van der Waals surface area contributed by atoms with Gasteiger partial charge in [-0.1, -0.05) is 12.1 Å². The zero-order valence-electron chi connectivity index (χ0n) is 13.3. The molecule has 0 saturated heterocycles. The van der Waals surface area contributed by atoms with Crippen LogP contribution in [0.5, 0.6) is 0 Å². The topological polar surface area (TPSA) is 50.3 Å². The summed E-state index contributed by atoms with van der Waals surface area (Å²) in [7, 11) is 2.04. The van der Waals surface area contributed by atoms with Crippen molar-refractivity contribution in [3.63, 3.8) is 0 Å². The molecule has 2 aromatic rings. The summed E-state index contributed by atoms with van der Waals surface area (Å²) in [5, 5.41) is 4.25. The second-order valence-corrected chi connectivity index (χ2v) is 5.26. The summed E-state index contributed by atoms with van der Waals surface area (Å²) >= 11 is 0. The van der Waals surface area contributed by atoms with Gasteiger partial charge in [-0.25, -0.2) is 4.98 Å². The van der Waals surface area contributed by atoms with Gasteiger partial charge in [0.1, 0.15) is 5.82 Å². The number of aromatic nitrogens is 2. The Balaban J connectivity index is 2.27. The summed E-state index contributed by atoms with van der Waals surface area (Å²) in [4.78, 5) is 11.3. The normalized spacial score (nSPS) is 11.1. The van der Waals surface area contributed by atoms with Gasteiger partial charge in [0.25, 0.3) is 0 Å². The monoisotopic (exact) mass is 288 g/mol. The first-order valence-electron chi connectivity index (χ1n) is 7.45. The molecule has 1 aromatic carbocycles. The van der Waals surface area contributed by atoms with E-state index in [1.807, 2.05) is 46.0 Å². The van der Waals surface area contributed by atoms with Crippen molar-refractivity contribution in [2.75, 3.05) is 37.0 Å². The van der Waals surface area contributed by atoms with Crippen LogP contribution in [0.25, 0.3) is 10.9 Å². The van der Waals surface area contributed by atoms with E-state index in [4.69, 9.17) is 4.74 Å². The lowest BCUT2D eigenvalue weighted by molar-refractivity contribution is 0.0845. The first kappa shape index (κ1) is 15.5. The number of benzene rings is 1. The minimum Gasteiger partial charge on any atom is -0.377 e. The number of hydrogen-bond donors (Lipinski definition) is 1. The van der Waals surface area contributed by atoms with E-state index in [0.717, 1.165) is 29.8 Å². The molecule has 21 heavy (non-hydrogen) atoms. The molecule has 5 heteroatoms. The molecule has 0 radical (unpaired) electrons. The van der Waals surface area contributed by atoms with Crippen molar-refractivity contribution < 1.29 is 4.74 Å². The predicted octanol–water partition coefficient (Wildman–Crippen LogP) is 2.92. The Morgan fingerprint density at radius 2 is 2.00 bits per heavy atom. The standard InChI is InChI=1S/C16H24N4O/c1-5-17-16-18-14-9-7-6-8-13(14)15(19-16)20(4)10-11-21-12(2)3/h6-9,12H,5,10-11H2,1-4H3,(H,17,18,19). The Hall–Kier alpha value is -1.88. The van der Waals surface area contributed by atoms with Crippen molar-refractivity contribution in [2.24, 2.45) is 0 Å². The van der Waals surface area contributed by atoms with Gasteiger partial charge < -0.3 is 15.0 Å². The molecule has 5 nitrogen and oxygen atoms in total. The molecular weight excluding hydrogens is 264 g/mol. The summed E-state index contributed by atoms with van der Waals surface area (Å²) in [6.45, 7) is 8.41. The van der Waals surface area contributed by atoms with Crippen LogP contribution in [0.4, 0.5) is 11.8 Å². The number of fused-ring (bicyclic) bond motifs is 1. The fourth-order valence-electron chi connectivity index (χ4n) is 2.12. The highest BCUT2D eigenvalue weighted by Crippen LogP contribution is 2.24. The molecule has 0 unspecified atom stereocenters. The lowest BCUT2D eigenvalue weighted by Crippen LogP contribution is -2.25. The molecule has 1 heterocycles. The average Bonchev–Trinajstić information content (AvgIpc) is 2.46. The molecule has 0 bridgehead atoms. The minimum absolute atomic E-state index is 0.248. The molecule has 0 aliphatic carbocycles. The molecule has 1 aromatic heterocycles. The van der Waals surface area contributed by atoms with E-state index >= 15 is 0 Å². The van der Waals surface area contributed by atoms with Gasteiger partial charge in [0.2, 0.25) is 5.95 Å². The Morgan fingerprint density at radius 3 is 2.71 bits per heavy atom. The molecule has 1 N–H and O–H groups in total. The van der Waals surface area contributed by atoms with Crippen molar-refractivity contribution in [3.05, 3.63) is 24.3 Å². The van der Waals surface area contributed by atoms with Gasteiger partial charge in [0.05, 0.1) is 18.2 Å². The quantitative estimate of drug-likeness (QED) is 0.849. The fourth-order valence-corrected chi connectivity index (χ4v) is 2.12. The summed E-state index contributed by atoms with van der Waals surface area (Å²) in [5.74, 6) is 1.60. The molecule has 0 aliphatic rings. The third-order valence-electron chi connectivity index (χ3n) is 3.16. The van der Waals surface area contributed by atoms with Crippen LogP contribution in [0.2, 0.25) is 0 Å². The fraction of sp³-hybridized carbons (Fsp3) is 0.500. The zero-order valence-corrected chi connectivity index (χ0v) is 13.3. The van der Waals surface area contributed by atoms with E-state index in [-0.39, 0.29) is 6.10 Å². The van der Waals surface area contributed by atoms with Gasteiger partial charge in [0, 0.05) is 25.5 Å². The molecule has 0 spiro atoms. The third-order valence-corrected chi connectivity index (χ3v) is 3.16. The molecule has 0 amide bonds. The van der Waals surface area contributed by atoms with Crippen molar-refractivity contribution in [1.29, 1.82) is 0 Å². The molecule has 0 atom stereocenters. The maximum atomic E-state index is 5.62. The number of para-hydroxylation sites is 1. The first-order chi connectivity index (χ1) is 10.1. The van der Waals surface area contributed by atoms with Crippen LogP contribution in [0.15, 0.2) is 24.3 Å². The van der Waals surface area contributed by atoms with Crippen LogP contribution in [0.1, 0.15) is 20.8 Å². The van der Waals surface area contributed by atoms with Gasteiger partial charge in [-0.2, -0.15) is 4.98 Å². The number of hydrogen-bond acceptors (Lipinski definition) is 5. The number of anilines is 2. The minimum atomic E-state index is 0.248. The van der Waals surface area contributed by atoms with E-state index in [2.05, 4.69) is 26.3 Å². The molecule has 2 rings (SSSR count). The SMILES string of the molecule is CCNc1nc(N(C)CCOC(C)C)c2ccccc2n1. The number of nitrogens with zero attached hydrogens (tertiary/aromatic N) is 3. The lowest BCUT2D eigenvalue weighted by atomic mass is 10.2. The molecule has 114 valence electrons. The Kier molecular flexibility index (Phi) is 5.33. The van der Waals surface area contributed by atoms with Crippen molar-refractivity contribution in [1.82, 2.24) is 9.97 Å². The van der Waals surface area contributed by atoms with Gasteiger partial charge in [-0.3, -0.25) is 0 Å². The lowest BCUT2D eigenvalue weighted by Gasteiger charge is -2.21. The highest BCUT2D eigenvalue weighted by Gasteiger charge is 2.11. The maximum absolute atomic E-state index is 5.62. The third kappa shape index (κ3) is 4.04. The highest BCUT2D eigenvalue weighted by atomic mass is 16.5. The second-order valence-electron chi connectivity index (χ2n) is 5.26. The Labute approximate surface area is 126 Å².